The summed E-state index contributed by atoms with van der Waals surface area (Å²) < 4.78 is 0.971. The molecule has 0 aromatic rings. The first-order valence-corrected chi connectivity index (χ1v) is 2.79. The molecule has 0 N–H and O–H groups in total. The van der Waals surface area contributed by atoms with Gasteiger partial charge in [-0.1, -0.05) is 0 Å². The molecular formula is C6H15N2+. The molecule has 0 aliphatic carbocycles. The summed E-state index contributed by atoms with van der Waals surface area (Å²) in [5, 5.41) is 0. The van der Waals surface area contributed by atoms with E-state index in [1.165, 1.54) is 0 Å². The molecule has 0 atom stereocenters. The normalized spacial score (nSPS) is 11.4. The molecule has 0 aliphatic rings. The lowest BCUT2D eigenvalue weighted by molar-refractivity contribution is -0.868. The molecule has 0 unspecified atom stereocenters. The van der Waals surface area contributed by atoms with Crippen LogP contribution in [0.5, 0.6) is 0 Å². The molecule has 0 spiro atoms. The van der Waals surface area contributed by atoms with Gasteiger partial charge in [0.25, 0.3) is 0 Å². The molecule has 0 saturated carbocycles. The third kappa shape index (κ3) is 5.63. The fraction of sp³-hybridized carbons (Fsp3) is 0.833. The van der Waals surface area contributed by atoms with Crippen LogP contribution in [0.1, 0.15) is 0 Å². The Balaban J connectivity index is 3.24. The van der Waals surface area contributed by atoms with E-state index >= 15 is 0 Å². The zero-order valence-corrected chi connectivity index (χ0v) is 6.02. The van der Waals surface area contributed by atoms with Crippen LogP contribution in [0.2, 0.25) is 0 Å². The van der Waals surface area contributed by atoms with Gasteiger partial charge in [0.1, 0.15) is 0 Å². The summed E-state index contributed by atoms with van der Waals surface area (Å²) in [6.45, 7) is 5.34. The quantitative estimate of drug-likeness (QED) is 0.373. The van der Waals surface area contributed by atoms with Gasteiger partial charge in [-0.15, -0.1) is 0 Å². The minimum absolute atomic E-state index is 0.865. The molecule has 0 heterocycles. The lowest BCUT2D eigenvalue weighted by Gasteiger charge is -2.22. The van der Waals surface area contributed by atoms with Crippen molar-refractivity contribution < 1.29 is 4.48 Å². The van der Waals surface area contributed by atoms with Crippen LogP contribution < -0.4 is 0 Å². The van der Waals surface area contributed by atoms with E-state index in [2.05, 4.69) is 32.9 Å². The van der Waals surface area contributed by atoms with E-state index in [4.69, 9.17) is 0 Å². The Morgan fingerprint density at radius 1 is 1.38 bits per heavy atom. The maximum Gasteiger partial charge on any atom is 0.0978 e. The van der Waals surface area contributed by atoms with Crippen molar-refractivity contribution in [1.82, 2.24) is 0 Å². The van der Waals surface area contributed by atoms with Crippen molar-refractivity contribution in [3.05, 3.63) is 0 Å². The zero-order chi connectivity index (χ0) is 6.62. The topological polar surface area (TPSA) is 12.4 Å². The highest BCUT2D eigenvalue weighted by Gasteiger charge is 2.02. The summed E-state index contributed by atoms with van der Waals surface area (Å²) in [7, 11) is 6.43. The molecule has 0 bridgehead atoms. The summed E-state index contributed by atoms with van der Waals surface area (Å²) in [4.78, 5) is 3.76. The third-order valence-corrected chi connectivity index (χ3v) is 0.929. The van der Waals surface area contributed by atoms with Crippen LogP contribution in [0.25, 0.3) is 0 Å². The molecule has 8 heavy (non-hydrogen) atoms. The number of hydrogen-bond donors (Lipinski definition) is 0. The van der Waals surface area contributed by atoms with Crippen LogP contribution in [0.4, 0.5) is 0 Å². The minimum Gasteiger partial charge on any atom is -0.329 e. The minimum atomic E-state index is 0.865. The maximum atomic E-state index is 3.76. The molecule has 0 aliphatic heterocycles. The van der Waals surface area contributed by atoms with E-state index in [9.17, 15) is 0 Å². The predicted octanol–water partition coefficient (Wildman–Crippen LogP) is 0.393. The van der Waals surface area contributed by atoms with Gasteiger partial charge in [0.05, 0.1) is 34.2 Å². The molecular weight excluding hydrogens is 100 g/mol. The van der Waals surface area contributed by atoms with E-state index in [1.54, 1.807) is 0 Å². The van der Waals surface area contributed by atoms with Crippen molar-refractivity contribution in [2.24, 2.45) is 4.99 Å². The van der Waals surface area contributed by atoms with E-state index < -0.39 is 0 Å². The number of nitrogens with zero attached hydrogens (tertiary/aromatic N) is 2. The van der Waals surface area contributed by atoms with Gasteiger partial charge in [-0.05, 0) is 6.72 Å². The monoisotopic (exact) mass is 115 g/mol. The van der Waals surface area contributed by atoms with Crippen molar-refractivity contribution >= 4 is 6.72 Å². The summed E-state index contributed by atoms with van der Waals surface area (Å²) in [6.07, 6.45) is 0. The van der Waals surface area contributed by atoms with Gasteiger partial charge < -0.3 is 4.48 Å². The molecule has 0 aromatic carbocycles. The van der Waals surface area contributed by atoms with Crippen molar-refractivity contribution in [2.75, 3.05) is 34.2 Å². The van der Waals surface area contributed by atoms with E-state index in [0.717, 1.165) is 17.6 Å². The molecule has 2 nitrogen and oxygen atoms in total. The second-order valence-electron chi connectivity index (χ2n) is 2.96. The fourth-order valence-electron chi connectivity index (χ4n) is 0.371. The van der Waals surface area contributed by atoms with E-state index in [-0.39, 0.29) is 0 Å². The lowest BCUT2D eigenvalue weighted by Crippen LogP contribution is -2.36. The molecule has 0 rings (SSSR count). The average Bonchev–Trinajstić information content (AvgIpc) is 1.59. The molecule has 0 fully saturated rings. The first kappa shape index (κ1) is 7.63. The van der Waals surface area contributed by atoms with Crippen LogP contribution >= 0.6 is 0 Å². The summed E-state index contributed by atoms with van der Waals surface area (Å²) >= 11 is 0. The van der Waals surface area contributed by atoms with Gasteiger partial charge in [0.2, 0.25) is 0 Å². The fourth-order valence-corrected chi connectivity index (χ4v) is 0.371. The first-order valence-electron chi connectivity index (χ1n) is 2.79. The largest absolute Gasteiger partial charge is 0.329 e. The van der Waals surface area contributed by atoms with Crippen LogP contribution in [0.15, 0.2) is 4.99 Å². The second-order valence-corrected chi connectivity index (χ2v) is 2.96. The number of likely N-dealkylation sites (N-methyl/N-ethyl adjacent to an activating group) is 1. The average molecular weight is 115 g/mol. The summed E-state index contributed by atoms with van der Waals surface area (Å²) in [5.41, 5.74) is 0. The Bertz CT molecular complexity index is 71.1. The zero-order valence-electron chi connectivity index (χ0n) is 6.02. The van der Waals surface area contributed by atoms with E-state index in [0.29, 0.717) is 0 Å². The summed E-state index contributed by atoms with van der Waals surface area (Å²) in [5.74, 6) is 0. The van der Waals surface area contributed by atoms with Crippen LogP contribution in [0, 0.1) is 0 Å². The van der Waals surface area contributed by atoms with Gasteiger partial charge in [-0.3, -0.25) is 4.99 Å². The number of quaternary nitrogens is 1. The highest BCUT2D eigenvalue weighted by molar-refractivity contribution is 5.22. The molecule has 0 saturated heterocycles. The van der Waals surface area contributed by atoms with Gasteiger partial charge in [-0.25, -0.2) is 0 Å². The second kappa shape index (κ2) is 2.82. The van der Waals surface area contributed by atoms with Crippen LogP contribution in [0.3, 0.4) is 0 Å². The van der Waals surface area contributed by atoms with Crippen LogP contribution in [-0.4, -0.2) is 45.4 Å². The van der Waals surface area contributed by atoms with Gasteiger partial charge in [-0.2, -0.15) is 0 Å². The van der Waals surface area contributed by atoms with Gasteiger partial charge in [0, 0.05) is 0 Å². The van der Waals surface area contributed by atoms with Gasteiger partial charge >= 0.3 is 0 Å². The number of rotatable bonds is 3. The van der Waals surface area contributed by atoms with Crippen LogP contribution in [-0.2, 0) is 0 Å². The Labute approximate surface area is 51.4 Å². The highest BCUT2D eigenvalue weighted by Crippen LogP contribution is 1.87. The Morgan fingerprint density at radius 2 is 1.88 bits per heavy atom. The lowest BCUT2D eigenvalue weighted by atomic mass is 10.5. The van der Waals surface area contributed by atoms with Gasteiger partial charge in [0.15, 0.2) is 0 Å². The van der Waals surface area contributed by atoms with Crippen molar-refractivity contribution in [1.29, 1.82) is 0 Å². The molecule has 48 valence electrons. The molecule has 0 amide bonds. The maximum absolute atomic E-state index is 3.76. The Hall–Kier alpha value is -0.370. The van der Waals surface area contributed by atoms with E-state index in [1.807, 2.05) is 0 Å². The Morgan fingerprint density at radius 3 is 2.00 bits per heavy atom. The standard InChI is InChI=1S/C6H15N2/c1-7-5-6-8(2,3)4/h1,5-6H2,2-4H3/q+1. The van der Waals surface area contributed by atoms with Crippen molar-refractivity contribution in [3.8, 4) is 0 Å². The Kier molecular flexibility index (Phi) is 2.69. The first-order chi connectivity index (χ1) is 3.56. The number of aliphatic imine (C=N–C) groups is 1. The smallest absolute Gasteiger partial charge is 0.0978 e. The molecule has 0 radical (unpaired) electrons. The number of hydrogen-bond acceptors (Lipinski definition) is 1. The SMILES string of the molecule is C=NCC[N+](C)(C)C. The van der Waals surface area contributed by atoms with Crippen molar-refractivity contribution in [3.63, 3.8) is 0 Å². The predicted molar refractivity (Wildman–Crippen MR) is 37.3 cm³/mol. The summed E-state index contributed by atoms with van der Waals surface area (Å²) in [6, 6.07) is 0. The van der Waals surface area contributed by atoms with Crippen molar-refractivity contribution in [2.45, 2.75) is 0 Å². The molecule has 2 heteroatoms. The highest BCUT2D eigenvalue weighted by atomic mass is 15.3. The third-order valence-electron chi connectivity index (χ3n) is 0.929. The molecule has 0 aromatic heterocycles.